The molecule has 1 amide bonds. The van der Waals surface area contributed by atoms with Crippen LogP contribution in [0.4, 0.5) is 0 Å². The fourth-order valence-electron chi connectivity index (χ4n) is 2.93. The van der Waals surface area contributed by atoms with E-state index in [1.54, 1.807) is 29.5 Å². The van der Waals surface area contributed by atoms with Gasteiger partial charge in [0.2, 0.25) is 5.91 Å². The molecule has 0 bridgehead atoms. The predicted molar refractivity (Wildman–Crippen MR) is 91.5 cm³/mol. The molecule has 7 heteroatoms. The van der Waals surface area contributed by atoms with Gasteiger partial charge in [-0.15, -0.1) is 11.3 Å². The zero-order valence-electron chi connectivity index (χ0n) is 13.3. The van der Waals surface area contributed by atoms with Gasteiger partial charge in [0.25, 0.3) is 5.89 Å². The van der Waals surface area contributed by atoms with Crippen LogP contribution in [0.1, 0.15) is 28.6 Å². The standard InChI is InChI=1S/C18H14N4O2S/c19-9-12-3-1-4-13(7-12)18-20-17(21-24-18)14-8-16(23)22(10-14)11-15-5-2-6-25-15/h1-7,14H,8,10-11H2. The molecule has 1 saturated heterocycles. The molecule has 0 saturated carbocycles. The van der Waals surface area contributed by atoms with E-state index in [9.17, 15) is 4.79 Å². The summed E-state index contributed by atoms with van der Waals surface area (Å²) in [7, 11) is 0. The first-order chi connectivity index (χ1) is 12.2. The summed E-state index contributed by atoms with van der Waals surface area (Å²) in [5.41, 5.74) is 1.24. The van der Waals surface area contributed by atoms with E-state index in [4.69, 9.17) is 9.78 Å². The number of likely N-dealkylation sites (tertiary alicyclic amines) is 1. The number of benzene rings is 1. The van der Waals surface area contributed by atoms with Crippen molar-refractivity contribution in [2.45, 2.75) is 18.9 Å². The van der Waals surface area contributed by atoms with Crippen molar-refractivity contribution in [2.24, 2.45) is 0 Å². The predicted octanol–water partition coefficient (Wildman–Crippen LogP) is 3.19. The van der Waals surface area contributed by atoms with Gasteiger partial charge < -0.3 is 9.42 Å². The lowest BCUT2D eigenvalue weighted by molar-refractivity contribution is -0.128. The maximum atomic E-state index is 12.3. The molecule has 1 aromatic carbocycles. The average molecular weight is 350 g/mol. The van der Waals surface area contributed by atoms with Crippen molar-refractivity contribution in [1.29, 1.82) is 5.26 Å². The Morgan fingerprint density at radius 3 is 3.08 bits per heavy atom. The molecule has 1 atom stereocenters. The second-order valence-corrected chi connectivity index (χ2v) is 6.94. The Kier molecular flexibility index (Phi) is 4.04. The minimum absolute atomic E-state index is 0.0656. The average Bonchev–Trinajstić information content (AvgIpc) is 3.37. The van der Waals surface area contributed by atoms with E-state index in [1.807, 2.05) is 28.5 Å². The molecule has 0 N–H and O–H groups in total. The summed E-state index contributed by atoms with van der Waals surface area (Å²) in [6, 6.07) is 13.1. The summed E-state index contributed by atoms with van der Waals surface area (Å²) in [5.74, 6) is 0.955. The Labute approximate surface area is 148 Å². The summed E-state index contributed by atoms with van der Waals surface area (Å²) in [6.07, 6.45) is 0.391. The minimum atomic E-state index is -0.0656. The largest absolute Gasteiger partial charge is 0.337 e. The van der Waals surface area contributed by atoms with E-state index in [1.165, 1.54) is 0 Å². The summed E-state index contributed by atoms with van der Waals surface area (Å²) >= 11 is 1.64. The maximum Gasteiger partial charge on any atom is 0.257 e. The Bertz CT molecular complexity index is 942. The van der Waals surface area contributed by atoms with Gasteiger partial charge in [0.05, 0.1) is 18.2 Å². The highest BCUT2D eigenvalue weighted by Gasteiger charge is 2.33. The number of rotatable bonds is 4. The van der Waals surface area contributed by atoms with Crippen LogP contribution < -0.4 is 0 Å². The molecule has 1 aliphatic heterocycles. The summed E-state index contributed by atoms with van der Waals surface area (Å²) in [4.78, 5) is 19.7. The van der Waals surface area contributed by atoms with Crippen molar-refractivity contribution in [3.8, 4) is 17.5 Å². The fraction of sp³-hybridized carbons (Fsp3) is 0.222. The Morgan fingerprint density at radius 2 is 2.28 bits per heavy atom. The molecule has 0 radical (unpaired) electrons. The van der Waals surface area contributed by atoms with Crippen LogP contribution in [0.15, 0.2) is 46.3 Å². The van der Waals surface area contributed by atoms with Gasteiger partial charge in [-0.25, -0.2) is 0 Å². The van der Waals surface area contributed by atoms with Crippen LogP contribution in [0.5, 0.6) is 0 Å². The maximum absolute atomic E-state index is 12.3. The number of amides is 1. The molecule has 0 spiro atoms. The van der Waals surface area contributed by atoms with Gasteiger partial charge >= 0.3 is 0 Å². The highest BCUT2D eigenvalue weighted by molar-refractivity contribution is 7.09. The minimum Gasteiger partial charge on any atom is -0.337 e. The van der Waals surface area contributed by atoms with E-state index in [0.717, 1.165) is 4.88 Å². The lowest BCUT2D eigenvalue weighted by Crippen LogP contribution is -2.23. The number of carbonyl (C=O) groups excluding carboxylic acids is 1. The third-order valence-electron chi connectivity index (χ3n) is 4.19. The number of nitrogens with zero attached hydrogens (tertiary/aromatic N) is 4. The molecule has 124 valence electrons. The molecule has 2 aromatic heterocycles. The van der Waals surface area contributed by atoms with Gasteiger partial charge in [-0.3, -0.25) is 4.79 Å². The first-order valence-electron chi connectivity index (χ1n) is 7.87. The van der Waals surface area contributed by atoms with Crippen molar-refractivity contribution in [1.82, 2.24) is 15.0 Å². The van der Waals surface area contributed by atoms with Gasteiger partial charge in [0, 0.05) is 29.3 Å². The fourth-order valence-corrected chi connectivity index (χ4v) is 3.65. The lowest BCUT2D eigenvalue weighted by Gasteiger charge is -2.14. The molecule has 1 fully saturated rings. The first kappa shape index (κ1) is 15.5. The number of carbonyl (C=O) groups is 1. The Hall–Kier alpha value is -2.98. The third-order valence-corrected chi connectivity index (χ3v) is 5.05. The zero-order valence-corrected chi connectivity index (χ0v) is 14.1. The molecule has 0 aliphatic carbocycles. The van der Waals surface area contributed by atoms with E-state index < -0.39 is 0 Å². The second kappa shape index (κ2) is 6.49. The van der Waals surface area contributed by atoms with Gasteiger partial charge in [-0.05, 0) is 29.6 Å². The number of thiophene rings is 1. The zero-order chi connectivity index (χ0) is 17.2. The molecular formula is C18H14N4O2S. The molecule has 1 aliphatic rings. The van der Waals surface area contributed by atoms with Gasteiger partial charge in [-0.2, -0.15) is 10.2 Å². The number of hydrogen-bond acceptors (Lipinski definition) is 6. The quantitative estimate of drug-likeness (QED) is 0.721. The van der Waals surface area contributed by atoms with Gasteiger partial charge in [0.15, 0.2) is 5.82 Å². The Balaban J connectivity index is 1.51. The van der Waals surface area contributed by atoms with Gasteiger partial charge in [-0.1, -0.05) is 17.3 Å². The second-order valence-electron chi connectivity index (χ2n) is 5.91. The lowest BCUT2D eigenvalue weighted by atomic mass is 10.1. The smallest absolute Gasteiger partial charge is 0.257 e. The molecular weight excluding hydrogens is 336 g/mol. The number of hydrogen-bond donors (Lipinski definition) is 0. The topological polar surface area (TPSA) is 83.0 Å². The van der Waals surface area contributed by atoms with Crippen LogP contribution in [0.3, 0.4) is 0 Å². The van der Waals surface area contributed by atoms with Crippen LogP contribution >= 0.6 is 11.3 Å². The van der Waals surface area contributed by atoms with E-state index in [2.05, 4.69) is 16.2 Å². The normalized spacial score (nSPS) is 17.0. The van der Waals surface area contributed by atoms with Crippen molar-refractivity contribution in [2.75, 3.05) is 6.54 Å². The summed E-state index contributed by atoms with van der Waals surface area (Å²) in [6.45, 7) is 1.22. The van der Waals surface area contributed by atoms with Crippen molar-refractivity contribution in [3.63, 3.8) is 0 Å². The number of aromatic nitrogens is 2. The first-order valence-corrected chi connectivity index (χ1v) is 8.75. The highest BCUT2D eigenvalue weighted by Crippen LogP contribution is 2.29. The van der Waals surface area contributed by atoms with Crippen LogP contribution in [0.25, 0.3) is 11.5 Å². The van der Waals surface area contributed by atoms with Crippen molar-refractivity contribution in [3.05, 3.63) is 58.0 Å². The van der Waals surface area contributed by atoms with E-state index >= 15 is 0 Å². The highest BCUT2D eigenvalue weighted by atomic mass is 32.1. The third kappa shape index (κ3) is 3.16. The Morgan fingerprint density at radius 1 is 1.36 bits per heavy atom. The van der Waals surface area contributed by atoms with Crippen LogP contribution in [-0.2, 0) is 11.3 Å². The number of nitriles is 1. The molecule has 4 rings (SSSR count). The molecule has 3 heterocycles. The van der Waals surface area contributed by atoms with Crippen molar-refractivity contribution < 1.29 is 9.32 Å². The van der Waals surface area contributed by atoms with Crippen LogP contribution in [-0.4, -0.2) is 27.5 Å². The van der Waals surface area contributed by atoms with E-state index in [-0.39, 0.29) is 11.8 Å². The van der Waals surface area contributed by atoms with Gasteiger partial charge in [0.1, 0.15) is 0 Å². The SMILES string of the molecule is N#Cc1cccc(-c2nc(C3CC(=O)N(Cc4cccs4)C3)no2)c1. The molecule has 1 unspecified atom stereocenters. The summed E-state index contributed by atoms with van der Waals surface area (Å²) < 4.78 is 5.34. The van der Waals surface area contributed by atoms with Crippen LogP contribution in [0, 0.1) is 11.3 Å². The summed E-state index contributed by atoms with van der Waals surface area (Å²) in [5, 5.41) is 15.1. The monoisotopic (exact) mass is 350 g/mol. The molecule has 3 aromatic rings. The molecule has 25 heavy (non-hydrogen) atoms. The van der Waals surface area contributed by atoms with Crippen LogP contribution in [0.2, 0.25) is 0 Å². The molecule has 6 nitrogen and oxygen atoms in total. The van der Waals surface area contributed by atoms with E-state index in [0.29, 0.717) is 42.4 Å². The van der Waals surface area contributed by atoms with Crippen molar-refractivity contribution >= 4 is 17.2 Å².